The number of carbonyl (C=O) groups excluding carboxylic acids is 1. The van der Waals surface area contributed by atoms with Crippen molar-refractivity contribution in [3.05, 3.63) is 83.2 Å². The molecule has 1 aliphatic heterocycles. The van der Waals surface area contributed by atoms with Crippen LogP contribution in [0.25, 0.3) is 0 Å². The molecular weight excluding hydrogens is 571 g/mol. The van der Waals surface area contributed by atoms with Crippen LogP contribution >= 0.6 is 0 Å². The summed E-state index contributed by atoms with van der Waals surface area (Å²) in [6, 6.07) is 5.96. The van der Waals surface area contributed by atoms with E-state index >= 15 is 0 Å². The molecule has 0 saturated carbocycles. The number of sulfonamides is 1. The molecule has 1 amide bonds. The molecule has 3 N–H and O–H groups in total. The van der Waals surface area contributed by atoms with E-state index < -0.39 is 44.1 Å². The lowest BCUT2D eigenvalue weighted by atomic mass is 9.86. The maximum absolute atomic E-state index is 13.4. The van der Waals surface area contributed by atoms with Gasteiger partial charge in [0, 0.05) is 30.7 Å². The topological polar surface area (TPSA) is 136 Å². The number of hydrogen-bond acceptors (Lipinski definition) is 7. The Kier molecular flexibility index (Phi) is 7.88. The molecule has 3 aromatic rings. The number of nitrogens with two attached hydrogens (primary N) is 1. The van der Waals surface area contributed by atoms with Crippen LogP contribution in [0.4, 0.5) is 13.2 Å². The number of aromatic nitrogens is 4. The van der Waals surface area contributed by atoms with Crippen LogP contribution in [0, 0.1) is 0 Å². The number of pyridine rings is 1. The van der Waals surface area contributed by atoms with E-state index in [1.165, 1.54) is 0 Å². The number of nitrogens with zero attached hydrogens (tertiary/aromatic N) is 5. The van der Waals surface area contributed by atoms with E-state index in [1.807, 2.05) is 26.0 Å². The quantitative estimate of drug-likeness (QED) is 0.400. The number of halogens is 3. The van der Waals surface area contributed by atoms with Crippen molar-refractivity contribution in [1.29, 1.82) is 0 Å². The molecule has 0 bridgehead atoms. The van der Waals surface area contributed by atoms with Crippen molar-refractivity contribution in [2.45, 2.75) is 81.1 Å². The third-order valence-electron chi connectivity index (χ3n) is 8.10. The molecular formula is C28H32F3N7O3S. The fourth-order valence-electron chi connectivity index (χ4n) is 5.45. The summed E-state index contributed by atoms with van der Waals surface area (Å²) in [5.41, 5.74) is 8.13. The Morgan fingerprint density at radius 2 is 1.90 bits per heavy atom. The minimum Gasteiger partial charge on any atom is -0.329 e. The minimum absolute atomic E-state index is 0.145. The fraction of sp³-hybridized carbons (Fsp3) is 0.429. The van der Waals surface area contributed by atoms with E-state index in [1.54, 1.807) is 10.9 Å². The number of carbonyl (C=O) groups is 1. The molecule has 14 heteroatoms. The number of fused-ring (bicyclic) bond motifs is 1. The predicted molar refractivity (Wildman–Crippen MR) is 147 cm³/mol. The van der Waals surface area contributed by atoms with Crippen molar-refractivity contribution < 1.29 is 26.4 Å². The Labute approximate surface area is 241 Å². The third-order valence-corrected chi connectivity index (χ3v) is 9.89. The summed E-state index contributed by atoms with van der Waals surface area (Å²) in [7, 11) is -4.51. The molecule has 0 saturated heterocycles. The third kappa shape index (κ3) is 5.52. The van der Waals surface area contributed by atoms with Crippen LogP contribution in [-0.2, 0) is 39.4 Å². The zero-order chi connectivity index (χ0) is 30.3. The lowest BCUT2D eigenvalue weighted by Crippen LogP contribution is -2.50. The monoisotopic (exact) mass is 603 g/mol. The molecule has 1 aliphatic carbocycles. The highest BCUT2D eigenvalue weighted by molar-refractivity contribution is 7.89. The second kappa shape index (κ2) is 11.1. The number of aryl methyl sites for hydroxylation is 1. The molecule has 3 heterocycles. The van der Waals surface area contributed by atoms with Crippen molar-refractivity contribution in [2.24, 2.45) is 5.73 Å². The second-order valence-electron chi connectivity index (χ2n) is 10.6. The number of hydrogen-bond donors (Lipinski definition) is 2. The first-order valence-corrected chi connectivity index (χ1v) is 15.2. The van der Waals surface area contributed by atoms with Crippen LogP contribution in [-0.4, -0.2) is 44.6 Å². The summed E-state index contributed by atoms with van der Waals surface area (Å²) in [6.45, 7) is 4.08. The zero-order valence-corrected chi connectivity index (χ0v) is 24.0. The number of alkyl halides is 3. The molecule has 0 fully saturated rings. The molecule has 2 aromatic heterocycles. The molecule has 5 rings (SSSR count). The van der Waals surface area contributed by atoms with Gasteiger partial charge in [-0.2, -0.15) is 13.2 Å². The van der Waals surface area contributed by atoms with Gasteiger partial charge in [0.25, 0.3) is 10.0 Å². The van der Waals surface area contributed by atoms with Crippen LogP contribution in [0.2, 0.25) is 0 Å². The maximum atomic E-state index is 13.4. The Hall–Kier alpha value is -3.78. The summed E-state index contributed by atoms with van der Waals surface area (Å²) >= 11 is 0. The first-order chi connectivity index (χ1) is 19.9. The molecule has 2 unspecified atom stereocenters. The number of benzene rings is 1. The summed E-state index contributed by atoms with van der Waals surface area (Å²) in [4.78, 5) is 17.2. The smallest absolute Gasteiger partial charge is 0.329 e. The molecule has 0 spiro atoms. The summed E-state index contributed by atoms with van der Waals surface area (Å²) < 4.78 is 69.1. The highest BCUT2D eigenvalue weighted by atomic mass is 32.2. The van der Waals surface area contributed by atoms with Gasteiger partial charge in [0.1, 0.15) is 6.04 Å². The van der Waals surface area contributed by atoms with Crippen LogP contribution in [0.5, 0.6) is 0 Å². The molecule has 0 radical (unpaired) electrons. The van der Waals surface area contributed by atoms with Gasteiger partial charge >= 0.3 is 6.18 Å². The van der Waals surface area contributed by atoms with E-state index in [9.17, 15) is 26.4 Å². The van der Waals surface area contributed by atoms with Gasteiger partial charge in [0.05, 0.1) is 33.4 Å². The Bertz CT molecular complexity index is 1620. The van der Waals surface area contributed by atoms with Crippen LogP contribution in [0.3, 0.4) is 0 Å². The van der Waals surface area contributed by atoms with Crippen molar-refractivity contribution in [1.82, 2.24) is 29.6 Å². The first-order valence-electron chi connectivity index (χ1n) is 13.7. The molecule has 42 heavy (non-hydrogen) atoms. The van der Waals surface area contributed by atoms with Crippen LogP contribution in [0.1, 0.15) is 73.8 Å². The van der Waals surface area contributed by atoms with Crippen molar-refractivity contribution in [3.63, 3.8) is 0 Å². The first kappa shape index (κ1) is 29.7. The fourth-order valence-corrected chi connectivity index (χ4v) is 6.95. The van der Waals surface area contributed by atoms with Gasteiger partial charge in [-0.25, -0.2) is 13.1 Å². The Balaban J connectivity index is 1.41. The molecule has 1 aromatic carbocycles. The van der Waals surface area contributed by atoms with E-state index in [0.29, 0.717) is 11.8 Å². The van der Waals surface area contributed by atoms with Crippen molar-refractivity contribution in [3.8, 4) is 0 Å². The minimum atomic E-state index is -4.73. The van der Waals surface area contributed by atoms with Gasteiger partial charge < -0.3 is 11.1 Å². The average molecular weight is 604 g/mol. The number of rotatable bonds is 8. The lowest BCUT2D eigenvalue weighted by Gasteiger charge is -2.31. The van der Waals surface area contributed by atoms with E-state index in [-0.39, 0.29) is 12.5 Å². The van der Waals surface area contributed by atoms with E-state index in [4.69, 9.17) is 10.7 Å². The SMILES string of the molecule is CCC(N)(CC)c1ccc2c(n1)CCCC2n1cc(CC2C(=O)NC=CN2S(=O)(=O)c2cccc(C(F)(F)F)c2)nn1. The summed E-state index contributed by atoms with van der Waals surface area (Å²) in [6.07, 6.45) is 3.03. The summed E-state index contributed by atoms with van der Waals surface area (Å²) in [5.74, 6) is -0.639. The highest BCUT2D eigenvalue weighted by Crippen LogP contribution is 2.35. The van der Waals surface area contributed by atoms with Gasteiger partial charge in [0.2, 0.25) is 5.91 Å². The zero-order valence-electron chi connectivity index (χ0n) is 23.2. The van der Waals surface area contributed by atoms with E-state index in [2.05, 4.69) is 15.6 Å². The van der Waals surface area contributed by atoms with Gasteiger partial charge in [-0.15, -0.1) is 5.10 Å². The largest absolute Gasteiger partial charge is 0.416 e. The van der Waals surface area contributed by atoms with Gasteiger partial charge in [-0.05, 0) is 61.9 Å². The van der Waals surface area contributed by atoms with Crippen LogP contribution in [0.15, 0.2) is 59.9 Å². The Morgan fingerprint density at radius 3 is 2.62 bits per heavy atom. The summed E-state index contributed by atoms with van der Waals surface area (Å²) in [5, 5.41) is 11.0. The van der Waals surface area contributed by atoms with Gasteiger partial charge in [-0.3, -0.25) is 14.1 Å². The second-order valence-corrected chi connectivity index (χ2v) is 12.4. The van der Waals surface area contributed by atoms with Gasteiger partial charge in [0.15, 0.2) is 0 Å². The standard InChI is InChI=1S/C28H32F3N7O3S/c1-3-27(32,4-2)25-12-11-21-22(34-25)9-6-10-23(21)37-17-19(35-36-37)16-24-26(39)33-13-14-38(24)42(40,41)20-8-5-7-18(15-20)28(29,30)31/h5,7-8,11-15,17,23-24H,3-4,6,9-10,16,32H2,1-2H3,(H,33,39). The molecule has 10 nitrogen and oxygen atoms in total. The highest BCUT2D eigenvalue weighted by Gasteiger charge is 2.38. The maximum Gasteiger partial charge on any atom is 0.416 e. The van der Waals surface area contributed by atoms with Crippen molar-refractivity contribution in [2.75, 3.05) is 0 Å². The van der Waals surface area contributed by atoms with Crippen LogP contribution < -0.4 is 11.1 Å². The normalized spacial score (nSPS) is 19.5. The predicted octanol–water partition coefficient (Wildman–Crippen LogP) is 3.79. The van der Waals surface area contributed by atoms with Crippen molar-refractivity contribution >= 4 is 15.9 Å². The van der Waals surface area contributed by atoms with E-state index in [0.717, 1.165) is 84.0 Å². The Morgan fingerprint density at radius 1 is 1.14 bits per heavy atom. The number of nitrogens with one attached hydrogen (secondary N) is 1. The molecule has 2 aliphatic rings. The molecule has 2 atom stereocenters. The number of amides is 1. The van der Waals surface area contributed by atoms with Gasteiger partial charge in [-0.1, -0.05) is 31.2 Å². The lowest BCUT2D eigenvalue weighted by molar-refractivity contribution is -0.137. The molecule has 224 valence electrons. The average Bonchev–Trinajstić information content (AvgIpc) is 3.45.